The van der Waals surface area contributed by atoms with Gasteiger partial charge in [-0.3, -0.25) is 4.79 Å². The van der Waals surface area contributed by atoms with E-state index in [0.717, 1.165) is 18.4 Å². The molecule has 3 fully saturated rings. The molecule has 0 unspecified atom stereocenters. The van der Waals surface area contributed by atoms with Crippen molar-refractivity contribution in [1.29, 1.82) is 0 Å². The van der Waals surface area contributed by atoms with Crippen molar-refractivity contribution in [2.45, 2.75) is 75.3 Å². The Kier molecular flexibility index (Phi) is 5.18. The molecule has 1 amide bonds. The van der Waals surface area contributed by atoms with Gasteiger partial charge >= 0.3 is 0 Å². The first-order chi connectivity index (χ1) is 15.1. The lowest BCUT2D eigenvalue weighted by molar-refractivity contribution is -0.123. The number of fused-ring (bicyclic) bond motifs is 1. The number of hydrogen-bond acceptors (Lipinski definition) is 4. The zero-order chi connectivity index (χ0) is 22.7. The van der Waals surface area contributed by atoms with Crippen molar-refractivity contribution in [3.05, 3.63) is 29.7 Å². The van der Waals surface area contributed by atoms with Crippen LogP contribution in [0, 0.1) is 17.8 Å². The molecule has 2 heterocycles. The summed E-state index contributed by atoms with van der Waals surface area (Å²) in [6, 6.07) is 1.09. The summed E-state index contributed by atoms with van der Waals surface area (Å²) in [6.07, 6.45) is 5.28. The molecule has 0 bridgehead atoms. The molecule has 6 nitrogen and oxygen atoms in total. The van der Waals surface area contributed by atoms with Crippen molar-refractivity contribution in [3.63, 3.8) is 0 Å². The van der Waals surface area contributed by atoms with E-state index in [1.807, 2.05) is 6.07 Å². The number of nitrogens with zero attached hydrogens (tertiary/aromatic N) is 3. The molecule has 0 aliphatic heterocycles. The van der Waals surface area contributed by atoms with Crippen LogP contribution in [0.3, 0.4) is 0 Å². The predicted molar refractivity (Wildman–Crippen MR) is 108 cm³/mol. The summed E-state index contributed by atoms with van der Waals surface area (Å²) in [6.45, 7) is 0. The summed E-state index contributed by atoms with van der Waals surface area (Å²) in [5.74, 6) is -6.36. The molecule has 3 aliphatic rings. The second kappa shape index (κ2) is 7.67. The maximum absolute atomic E-state index is 13.5. The van der Waals surface area contributed by atoms with Gasteiger partial charge in [-0.2, -0.15) is 5.10 Å². The van der Waals surface area contributed by atoms with E-state index in [4.69, 9.17) is 5.73 Å². The number of amides is 1. The van der Waals surface area contributed by atoms with Crippen LogP contribution in [-0.4, -0.2) is 32.4 Å². The fourth-order valence-corrected chi connectivity index (χ4v) is 4.75. The van der Waals surface area contributed by atoms with E-state index in [9.17, 15) is 22.4 Å². The molecule has 2 aromatic heterocycles. The molecule has 32 heavy (non-hydrogen) atoms. The molecular formula is C22H27F4N5O. The second-order valence-corrected chi connectivity index (χ2v) is 9.73. The highest BCUT2D eigenvalue weighted by atomic mass is 19.3. The second-order valence-electron chi connectivity index (χ2n) is 9.73. The number of imidazole rings is 1. The van der Waals surface area contributed by atoms with Crippen molar-refractivity contribution in [2.24, 2.45) is 23.5 Å². The van der Waals surface area contributed by atoms with Crippen LogP contribution >= 0.6 is 0 Å². The summed E-state index contributed by atoms with van der Waals surface area (Å²) in [5.41, 5.74) is 8.29. The fraction of sp³-hybridized carbons (Fsp3) is 0.682. The monoisotopic (exact) mass is 453 g/mol. The highest BCUT2D eigenvalue weighted by Gasteiger charge is 2.57. The fourth-order valence-electron chi connectivity index (χ4n) is 4.75. The summed E-state index contributed by atoms with van der Waals surface area (Å²) in [4.78, 5) is 16.9. The highest BCUT2D eigenvalue weighted by Crippen LogP contribution is 2.51. The Bertz CT molecular complexity index is 1010. The van der Waals surface area contributed by atoms with Crippen molar-refractivity contribution in [1.82, 2.24) is 19.9 Å². The average molecular weight is 453 g/mol. The van der Waals surface area contributed by atoms with Gasteiger partial charge in [0.25, 0.3) is 5.92 Å². The van der Waals surface area contributed by atoms with Crippen molar-refractivity contribution < 1.29 is 22.4 Å². The Morgan fingerprint density at radius 3 is 2.50 bits per heavy atom. The third-order valence-corrected chi connectivity index (χ3v) is 7.13. The summed E-state index contributed by atoms with van der Waals surface area (Å²) in [7, 11) is 0. The van der Waals surface area contributed by atoms with Crippen LogP contribution in [-0.2, 0) is 4.79 Å². The molecule has 2 aromatic rings. The van der Waals surface area contributed by atoms with Gasteiger partial charge in [-0.05, 0) is 49.1 Å². The number of hydrogen-bond donors (Lipinski definition) is 2. The molecule has 174 valence electrons. The number of nitrogens with one attached hydrogen (secondary N) is 1. The third-order valence-electron chi connectivity index (χ3n) is 7.13. The van der Waals surface area contributed by atoms with E-state index in [2.05, 4.69) is 15.4 Å². The van der Waals surface area contributed by atoms with Crippen LogP contribution in [0.2, 0.25) is 0 Å². The predicted octanol–water partition coefficient (Wildman–Crippen LogP) is 4.17. The van der Waals surface area contributed by atoms with E-state index in [0.29, 0.717) is 24.2 Å². The molecule has 3 aliphatic carbocycles. The van der Waals surface area contributed by atoms with Gasteiger partial charge in [0.05, 0.1) is 30.2 Å². The standard InChI is InChI=1S/C22H27F4N5O/c23-21(24)5-3-12(4-6-21)19(27)16-11-31-17(29-16)7-14(10-28-31)20(13-1-2-13)30-18(32)8-15-9-22(15,25)26/h7,10-13,15,19-20H,1-6,8-9,27H2,(H,30,32)/t15-,19-,20+/m0/s1. The van der Waals surface area contributed by atoms with Gasteiger partial charge in [0.2, 0.25) is 11.8 Å². The van der Waals surface area contributed by atoms with Gasteiger partial charge in [0.15, 0.2) is 5.65 Å². The molecule has 0 spiro atoms. The first-order valence-electron chi connectivity index (χ1n) is 11.3. The maximum atomic E-state index is 13.5. The largest absolute Gasteiger partial charge is 0.349 e. The van der Waals surface area contributed by atoms with Crippen molar-refractivity contribution in [3.8, 4) is 0 Å². The molecule has 0 radical (unpaired) electrons. The topological polar surface area (TPSA) is 85.3 Å². The van der Waals surface area contributed by atoms with E-state index in [-0.39, 0.29) is 49.5 Å². The molecule has 5 rings (SSSR count). The van der Waals surface area contributed by atoms with Crippen LogP contribution < -0.4 is 11.1 Å². The van der Waals surface area contributed by atoms with E-state index >= 15 is 0 Å². The lowest BCUT2D eigenvalue weighted by Gasteiger charge is -2.31. The molecule has 10 heteroatoms. The lowest BCUT2D eigenvalue weighted by atomic mass is 9.81. The number of carbonyl (C=O) groups excluding carboxylic acids is 1. The SMILES string of the molecule is N[C@H](c1cn2ncc([C@H](NC(=O)C[C@H]3CC3(F)F)C3CC3)cc2n1)C1CCC(F)(F)CC1. The maximum Gasteiger partial charge on any atom is 0.252 e. The van der Waals surface area contributed by atoms with Gasteiger partial charge in [-0.15, -0.1) is 0 Å². The van der Waals surface area contributed by atoms with Gasteiger partial charge in [0, 0.05) is 31.6 Å². The van der Waals surface area contributed by atoms with Gasteiger partial charge in [0.1, 0.15) is 0 Å². The summed E-state index contributed by atoms with van der Waals surface area (Å²) in [5, 5.41) is 7.31. The minimum atomic E-state index is -2.72. The smallest absolute Gasteiger partial charge is 0.252 e. The van der Waals surface area contributed by atoms with Crippen molar-refractivity contribution >= 4 is 11.6 Å². The van der Waals surface area contributed by atoms with Gasteiger partial charge in [-0.1, -0.05) is 0 Å². The van der Waals surface area contributed by atoms with Gasteiger partial charge < -0.3 is 11.1 Å². The Morgan fingerprint density at radius 1 is 1.19 bits per heavy atom. The Balaban J connectivity index is 1.30. The number of alkyl halides is 4. The van der Waals surface area contributed by atoms with Crippen LogP contribution in [0.4, 0.5) is 17.6 Å². The number of halogens is 4. The quantitative estimate of drug-likeness (QED) is 0.617. The molecule has 3 atom stereocenters. The Morgan fingerprint density at radius 2 is 1.88 bits per heavy atom. The lowest BCUT2D eigenvalue weighted by Crippen LogP contribution is -2.31. The Hall–Kier alpha value is -2.23. The number of aromatic nitrogens is 3. The molecule has 0 saturated heterocycles. The van der Waals surface area contributed by atoms with Crippen LogP contribution in [0.1, 0.15) is 74.7 Å². The van der Waals surface area contributed by atoms with Crippen LogP contribution in [0.5, 0.6) is 0 Å². The normalized spacial score (nSPS) is 26.6. The van der Waals surface area contributed by atoms with Crippen LogP contribution in [0.25, 0.3) is 5.65 Å². The van der Waals surface area contributed by atoms with E-state index < -0.39 is 23.8 Å². The van der Waals surface area contributed by atoms with E-state index in [1.165, 1.54) is 0 Å². The minimum Gasteiger partial charge on any atom is -0.349 e. The van der Waals surface area contributed by atoms with Crippen molar-refractivity contribution in [2.75, 3.05) is 0 Å². The molecule has 0 aromatic carbocycles. The first kappa shape index (κ1) is 21.6. The summed E-state index contributed by atoms with van der Waals surface area (Å²) < 4.78 is 54.8. The van der Waals surface area contributed by atoms with E-state index in [1.54, 1.807) is 16.9 Å². The molecule has 3 saturated carbocycles. The highest BCUT2D eigenvalue weighted by molar-refractivity contribution is 5.77. The summed E-state index contributed by atoms with van der Waals surface area (Å²) >= 11 is 0. The minimum absolute atomic E-state index is 0.0574. The van der Waals surface area contributed by atoms with Crippen LogP contribution in [0.15, 0.2) is 18.5 Å². The zero-order valence-corrected chi connectivity index (χ0v) is 17.6. The zero-order valence-electron chi connectivity index (χ0n) is 17.6. The Labute approximate surface area is 182 Å². The van der Waals surface area contributed by atoms with Gasteiger partial charge in [-0.25, -0.2) is 27.1 Å². The number of nitrogens with two attached hydrogens (primary N) is 1. The molecule has 3 N–H and O–H groups in total. The first-order valence-corrected chi connectivity index (χ1v) is 11.3. The third kappa shape index (κ3) is 4.46. The number of carbonyl (C=O) groups is 1. The number of rotatable bonds is 7. The molecular weight excluding hydrogens is 426 g/mol. The average Bonchev–Trinajstić information content (AvgIpc) is 3.62.